The molecule has 0 bridgehead atoms. The van der Waals surface area contributed by atoms with Gasteiger partial charge >= 0.3 is 0 Å². The van der Waals surface area contributed by atoms with Crippen LogP contribution in [-0.4, -0.2) is 17.9 Å². The predicted molar refractivity (Wildman–Crippen MR) is 44.6 cm³/mol. The minimum absolute atomic E-state index is 0.194. The highest BCUT2D eigenvalue weighted by molar-refractivity contribution is 6.05. The Hall–Kier alpha value is -1.51. The Morgan fingerprint density at radius 3 is 2.08 bits per heavy atom. The van der Waals surface area contributed by atoms with Gasteiger partial charge in [0.1, 0.15) is 6.29 Å². The van der Waals surface area contributed by atoms with Crippen LogP contribution in [0.3, 0.4) is 0 Å². The van der Waals surface area contributed by atoms with E-state index in [1.807, 2.05) is 0 Å². The van der Waals surface area contributed by atoms with Crippen LogP contribution in [0.5, 0.6) is 0 Å². The van der Waals surface area contributed by atoms with Crippen molar-refractivity contribution in [3.8, 4) is 0 Å². The molecule has 3 heteroatoms. The number of aldehydes is 1. The third kappa shape index (κ3) is 5.29. The third-order valence-electron chi connectivity index (χ3n) is 1.04. The normalized spacial score (nSPS) is 11.7. The van der Waals surface area contributed by atoms with Gasteiger partial charge < -0.3 is 0 Å². The molecule has 0 aromatic carbocycles. The molecule has 64 valence electrons. The van der Waals surface area contributed by atoms with Crippen LogP contribution < -0.4 is 0 Å². The molecule has 0 rings (SSSR count). The zero-order valence-electron chi connectivity index (χ0n) is 7.03. The molecule has 0 N–H and O–H groups in total. The first-order valence-electron chi connectivity index (χ1n) is 3.42. The number of allylic oxidation sites excluding steroid dienone is 4. The predicted octanol–water partition coefficient (Wildman–Crippen LogP) is 0.846. The maximum Gasteiger partial charge on any atom is 0.179 e. The van der Waals surface area contributed by atoms with Gasteiger partial charge in [-0.2, -0.15) is 0 Å². The first-order valence-corrected chi connectivity index (χ1v) is 3.42. The summed E-state index contributed by atoms with van der Waals surface area (Å²) in [5, 5.41) is 0. The lowest BCUT2D eigenvalue weighted by atomic mass is 10.2. The maximum absolute atomic E-state index is 10.8. The monoisotopic (exact) mass is 166 g/mol. The Morgan fingerprint density at radius 1 is 1.08 bits per heavy atom. The molecule has 0 spiro atoms. The summed E-state index contributed by atoms with van der Waals surface area (Å²) in [6.45, 7) is 2.87. The molecule has 0 saturated carbocycles. The lowest BCUT2D eigenvalue weighted by molar-refractivity contribution is -0.114. The lowest BCUT2D eigenvalue weighted by Crippen LogP contribution is -1.91. The number of ketones is 2. The van der Waals surface area contributed by atoms with Crippen LogP contribution in [0, 0.1) is 0 Å². The highest BCUT2D eigenvalue weighted by atomic mass is 16.1. The SMILES string of the molecule is CC(=O)C=CC(=O)C=C(C)C=O. The van der Waals surface area contributed by atoms with Crippen molar-refractivity contribution in [1.82, 2.24) is 0 Å². The standard InChI is InChI=1S/C9H10O3/c1-7(6-10)5-9(12)4-3-8(2)11/h3-6H,1-2H3. The van der Waals surface area contributed by atoms with Gasteiger partial charge in [0.05, 0.1) is 0 Å². The summed E-state index contributed by atoms with van der Waals surface area (Å²) in [5.74, 6) is -0.546. The second-order valence-corrected chi connectivity index (χ2v) is 2.35. The van der Waals surface area contributed by atoms with Crippen LogP contribution in [-0.2, 0) is 14.4 Å². The molecule has 0 atom stereocenters. The fraction of sp³-hybridized carbons (Fsp3) is 0.222. The van der Waals surface area contributed by atoms with Crippen LogP contribution in [0.25, 0.3) is 0 Å². The van der Waals surface area contributed by atoms with Crippen molar-refractivity contribution in [3.63, 3.8) is 0 Å². The van der Waals surface area contributed by atoms with Crippen LogP contribution >= 0.6 is 0 Å². The molecule has 0 aliphatic heterocycles. The van der Waals surface area contributed by atoms with Gasteiger partial charge in [-0.3, -0.25) is 14.4 Å². The molecule has 0 aliphatic rings. The topological polar surface area (TPSA) is 51.2 Å². The Morgan fingerprint density at radius 2 is 1.67 bits per heavy atom. The summed E-state index contributed by atoms with van der Waals surface area (Å²) in [6, 6.07) is 0. The van der Waals surface area contributed by atoms with Crippen molar-refractivity contribution in [3.05, 3.63) is 23.8 Å². The van der Waals surface area contributed by atoms with E-state index in [4.69, 9.17) is 0 Å². The summed E-state index contributed by atoms with van der Waals surface area (Å²) in [5.41, 5.74) is 0.341. The largest absolute Gasteiger partial charge is 0.298 e. The zero-order chi connectivity index (χ0) is 9.56. The van der Waals surface area contributed by atoms with Gasteiger partial charge in [-0.15, -0.1) is 0 Å². The average Bonchev–Trinajstić information content (AvgIpc) is 2.00. The van der Waals surface area contributed by atoms with Crippen molar-refractivity contribution in [1.29, 1.82) is 0 Å². The minimum atomic E-state index is -0.352. The first kappa shape index (κ1) is 10.5. The highest BCUT2D eigenvalue weighted by Gasteiger charge is 1.92. The molecular formula is C9H10O3. The maximum atomic E-state index is 10.8. The second kappa shape index (κ2) is 5.18. The highest BCUT2D eigenvalue weighted by Crippen LogP contribution is 1.88. The van der Waals surface area contributed by atoms with Gasteiger partial charge in [0.2, 0.25) is 0 Å². The smallest absolute Gasteiger partial charge is 0.179 e. The van der Waals surface area contributed by atoms with Gasteiger partial charge in [-0.25, -0.2) is 0 Å². The van der Waals surface area contributed by atoms with E-state index in [9.17, 15) is 14.4 Å². The average molecular weight is 166 g/mol. The summed E-state index contributed by atoms with van der Waals surface area (Å²) in [7, 11) is 0. The van der Waals surface area contributed by atoms with Gasteiger partial charge in [0, 0.05) is 0 Å². The summed E-state index contributed by atoms with van der Waals surface area (Å²) < 4.78 is 0. The molecule has 0 aromatic rings. The Kier molecular flexibility index (Phi) is 4.53. The second-order valence-electron chi connectivity index (χ2n) is 2.35. The van der Waals surface area contributed by atoms with Crippen molar-refractivity contribution in [2.75, 3.05) is 0 Å². The Bertz CT molecular complexity index is 259. The molecule has 0 saturated heterocycles. The molecular weight excluding hydrogens is 156 g/mol. The molecule has 12 heavy (non-hydrogen) atoms. The number of hydrogen-bond donors (Lipinski definition) is 0. The number of rotatable bonds is 4. The lowest BCUT2D eigenvalue weighted by Gasteiger charge is -1.84. The van der Waals surface area contributed by atoms with Crippen LogP contribution in [0.15, 0.2) is 23.8 Å². The molecule has 0 radical (unpaired) electrons. The number of carbonyl (C=O) groups excluding carboxylic acids is 3. The van der Waals surface area contributed by atoms with E-state index in [-0.39, 0.29) is 11.6 Å². The molecule has 0 aliphatic carbocycles. The van der Waals surface area contributed by atoms with E-state index in [0.29, 0.717) is 11.9 Å². The van der Waals surface area contributed by atoms with E-state index in [1.54, 1.807) is 0 Å². The molecule has 0 amide bonds. The van der Waals surface area contributed by atoms with Gasteiger partial charge in [-0.1, -0.05) is 0 Å². The molecule has 0 unspecified atom stereocenters. The molecule has 0 fully saturated rings. The molecule has 3 nitrogen and oxygen atoms in total. The van der Waals surface area contributed by atoms with Crippen LogP contribution in [0.4, 0.5) is 0 Å². The van der Waals surface area contributed by atoms with E-state index in [0.717, 1.165) is 12.2 Å². The van der Waals surface area contributed by atoms with Crippen LogP contribution in [0.1, 0.15) is 13.8 Å². The fourth-order valence-electron chi connectivity index (χ4n) is 0.506. The number of carbonyl (C=O) groups is 3. The summed E-state index contributed by atoms with van der Waals surface area (Å²) in [6.07, 6.45) is 4.05. The Balaban J connectivity index is 4.24. The third-order valence-corrected chi connectivity index (χ3v) is 1.04. The minimum Gasteiger partial charge on any atom is -0.298 e. The zero-order valence-corrected chi connectivity index (χ0v) is 7.03. The van der Waals surface area contributed by atoms with Crippen molar-refractivity contribution in [2.45, 2.75) is 13.8 Å². The van der Waals surface area contributed by atoms with E-state index < -0.39 is 0 Å². The van der Waals surface area contributed by atoms with Gasteiger partial charge in [0.25, 0.3) is 0 Å². The van der Waals surface area contributed by atoms with Gasteiger partial charge in [0.15, 0.2) is 11.6 Å². The summed E-state index contributed by atoms with van der Waals surface area (Å²) >= 11 is 0. The van der Waals surface area contributed by atoms with Crippen molar-refractivity contribution in [2.24, 2.45) is 0 Å². The summed E-state index contributed by atoms with van der Waals surface area (Å²) in [4.78, 5) is 31.3. The fourth-order valence-corrected chi connectivity index (χ4v) is 0.506. The quantitative estimate of drug-likeness (QED) is 0.459. The Labute approximate surface area is 70.8 Å². The number of hydrogen-bond acceptors (Lipinski definition) is 3. The molecule has 0 heterocycles. The van der Waals surface area contributed by atoms with Crippen molar-refractivity contribution < 1.29 is 14.4 Å². The van der Waals surface area contributed by atoms with E-state index >= 15 is 0 Å². The van der Waals surface area contributed by atoms with E-state index in [2.05, 4.69) is 0 Å². The van der Waals surface area contributed by atoms with Crippen LogP contribution in [0.2, 0.25) is 0 Å². The van der Waals surface area contributed by atoms with Crippen molar-refractivity contribution >= 4 is 17.9 Å². The molecule has 0 aromatic heterocycles. The van der Waals surface area contributed by atoms with E-state index in [1.165, 1.54) is 19.9 Å². The van der Waals surface area contributed by atoms with Gasteiger partial charge in [-0.05, 0) is 37.6 Å². The first-order chi connectivity index (χ1) is 5.56.